The van der Waals surface area contributed by atoms with E-state index in [1.165, 1.54) is 0 Å². The molecule has 0 aliphatic carbocycles. The van der Waals surface area contributed by atoms with Crippen LogP contribution in [0.15, 0.2) is 33.3 Å². The number of nitrogens with one attached hydrogen (secondary N) is 1. The van der Waals surface area contributed by atoms with Gasteiger partial charge in [-0.25, -0.2) is 0 Å². The van der Waals surface area contributed by atoms with Crippen LogP contribution in [0.1, 0.15) is 49.9 Å². The summed E-state index contributed by atoms with van der Waals surface area (Å²) >= 11 is 3.48. The van der Waals surface area contributed by atoms with E-state index >= 15 is 0 Å². The number of aromatic nitrogens is 2. The Kier molecular flexibility index (Phi) is 6.43. The molecule has 6 nitrogen and oxygen atoms in total. The smallest absolute Gasteiger partial charge is 0.237 e. The van der Waals surface area contributed by atoms with Crippen LogP contribution in [0.3, 0.4) is 0 Å². The lowest BCUT2D eigenvalue weighted by Crippen LogP contribution is -2.35. The van der Waals surface area contributed by atoms with Crippen molar-refractivity contribution in [2.45, 2.75) is 44.4 Å². The first kappa shape index (κ1) is 19.0. The number of carbonyl (C=O) groups is 1. The van der Waals surface area contributed by atoms with E-state index < -0.39 is 0 Å². The fourth-order valence-corrected chi connectivity index (χ4v) is 3.51. The highest BCUT2D eigenvalue weighted by Gasteiger charge is 2.41. The summed E-state index contributed by atoms with van der Waals surface area (Å²) in [4.78, 5) is 16.6. The third-order valence-corrected chi connectivity index (χ3v) is 5.32. The highest BCUT2D eigenvalue weighted by Crippen LogP contribution is 2.40. The molecular weight excluding hydrogens is 398 g/mol. The lowest BCUT2D eigenvalue weighted by Gasteiger charge is -2.34. The normalized spacial score (nSPS) is 16.4. The van der Waals surface area contributed by atoms with Crippen LogP contribution in [0, 0.1) is 0 Å². The molecule has 1 aliphatic heterocycles. The van der Waals surface area contributed by atoms with E-state index in [0.717, 1.165) is 35.7 Å². The number of rotatable bonds is 7. The third kappa shape index (κ3) is 4.32. The van der Waals surface area contributed by atoms with Gasteiger partial charge < -0.3 is 14.6 Å². The van der Waals surface area contributed by atoms with E-state index in [1.54, 1.807) is 0 Å². The monoisotopic (exact) mass is 421 g/mol. The third-order valence-electron chi connectivity index (χ3n) is 4.79. The fourth-order valence-electron chi connectivity index (χ4n) is 3.25. The number of halogens is 1. The Morgan fingerprint density at radius 3 is 2.69 bits per heavy atom. The minimum Gasteiger partial charge on any atom is -0.381 e. The van der Waals surface area contributed by atoms with Crippen LogP contribution in [0.5, 0.6) is 0 Å². The number of hydrogen-bond acceptors (Lipinski definition) is 5. The van der Waals surface area contributed by atoms with Gasteiger partial charge in [0.15, 0.2) is 5.82 Å². The molecule has 0 radical (unpaired) electrons. The van der Waals surface area contributed by atoms with Crippen molar-refractivity contribution in [3.05, 3.63) is 46.0 Å². The highest BCUT2D eigenvalue weighted by atomic mass is 79.9. The van der Waals surface area contributed by atoms with E-state index in [0.29, 0.717) is 31.5 Å². The minimum absolute atomic E-state index is 0.0736. The number of carbonyl (C=O) groups excluding carboxylic acids is 1. The van der Waals surface area contributed by atoms with Crippen molar-refractivity contribution in [2.24, 2.45) is 0 Å². The molecule has 1 aromatic heterocycles. The van der Waals surface area contributed by atoms with Crippen molar-refractivity contribution in [1.82, 2.24) is 15.5 Å². The first-order valence-electron chi connectivity index (χ1n) is 9.07. The zero-order valence-electron chi connectivity index (χ0n) is 15.0. The quantitative estimate of drug-likeness (QED) is 0.693. The average Bonchev–Trinajstić information content (AvgIpc) is 3.12. The van der Waals surface area contributed by atoms with Crippen molar-refractivity contribution in [3.63, 3.8) is 0 Å². The van der Waals surface area contributed by atoms with E-state index in [4.69, 9.17) is 9.26 Å². The summed E-state index contributed by atoms with van der Waals surface area (Å²) in [5, 5.41) is 6.93. The van der Waals surface area contributed by atoms with Crippen molar-refractivity contribution < 1.29 is 14.1 Å². The summed E-state index contributed by atoms with van der Waals surface area (Å²) in [5.74, 6) is 0.923. The van der Waals surface area contributed by atoms with Crippen LogP contribution in [0.4, 0.5) is 0 Å². The number of unbranched alkanes of at least 4 members (excludes halogenated alkanes) is 1. The van der Waals surface area contributed by atoms with Gasteiger partial charge in [0, 0.05) is 24.2 Å². The van der Waals surface area contributed by atoms with Crippen LogP contribution in [0.25, 0.3) is 0 Å². The van der Waals surface area contributed by atoms with Crippen LogP contribution in [-0.2, 0) is 21.4 Å². The largest absolute Gasteiger partial charge is 0.381 e. The molecule has 0 spiro atoms. The molecule has 1 amide bonds. The maximum absolute atomic E-state index is 12.0. The molecule has 140 valence electrons. The second-order valence-corrected chi connectivity index (χ2v) is 7.51. The van der Waals surface area contributed by atoms with Gasteiger partial charge >= 0.3 is 0 Å². The van der Waals surface area contributed by atoms with Gasteiger partial charge in [0.25, 0.3) is 0 Å². The van der Waals surface area contributed by atoms with E-state index in [1.807, 2.05) is 12.1 Å². The summed E-state index contributed by atoms with van der Waals surface area (Å²) in [6.07, 6.45) is 3.71. The predicted molar refractivity (Wildman–Crippen MR) is 101 cm³/mol. The van der Waals surface area contributed by atoms with Gasteiger partial charge in [-0.3, -0.25) is 4.79 Å². The van der Waals surface area contributed by atoms with Gasteiger partial charge in [-0.2, -0.15) is 4.98 Å². The second-order valence-electron chi connectivity index (χ2n) is 6.60. The fraction of sp³-hybridized carbons (Fsp3) is 0.526. The Balaban J connectivity index is 1.79. The molecule has 0 atom stereocenters. The summed E-state index contributed by atoms with van der Waals surface area (Å²) in [5.41, 5.74) is 0.773. The Bertz CT molecular complexity index is 724. The average molecular weight is 422 g/mol. The Hall–Kier alpha value is -1.73. The number of amides is 1. The van der Waals surface area contributed by atoms with Crippen molar-refractivity contribution in [3.8, 4) is 0 Å². The standard InChI is InChI=1S/C19H24BrN3O3/c1-2-3-10-21-17(24)13-16-22-18(26-23-16)19(8-11-25-12-9-19)14-4-6-15(20)7-5-14/h4-7H,2-3,8-13H2,1H3,(H,21,24). The molecule has 2 heterocycles. The van der Waals surface area contributed by atoms with Crippen LogP contribution in [-0.4, -0.2) is 35.8 Å². The van der Waals surface area contributed by atoms with Gasteiger partial charge in [0.1, 0.15) is 0 Å². The lowest BCUT2D eigenvalue weighted by molar-refractivity contribution is -0.120. The second kappa shape index (κ2) is 8.77. The first-order valence-corrected chi connectivity index (χ1v) is 9.87. The van der Waals surface area contributed by atoms with Crippen molar-refractivity contribution >= 4 is 21.8 Å². The predicted octanol–water partition coefficient (Wildman–Crippen LogP) is 3.39. The molecule has 1 fully saturated rings. The molecule has 26 heavy (non-hydrogen) atoms. The molecule has 0 saturated carbocycles. The molecule has 0 bridgehead atoms. The van der Waals surface area contributed by atoms with Crippen molar-refractivity contribution in [1.29, 1.82) is 0 Å². The Labute approximate surface area is 161 Å². The van der Waals surface area contributed by atoms with Crippen molar-refractivity contribution in [2.75, 3.05) is 19.8 Å². The number of hydrogen-bond donors (Lipinski definition) is 1. The summed E-state index contributed by atoms with van der Waals surface area (Å²) < 4.78 is 12.2. The van der Waals surface area contributed by atoms with E-state index in [-0.39, 0.29) is 17.7 Å². The summed E-state index contributed by atoms with van der Waals surface area (Å²) in [7, 11) is 0. The molecular formula is C19H24BrN3O3. The molecule has 7 heteroatoms. The molecule has 1 aliphatic rings. The Morgan fingerprint density at radius 1 is 1.27 bits per heavy atom. The van der Waals surface area contributed by atoms with E-state index in [2.05, 4.69) is 50.4 Å². The minimum atomic E-state index is -0.358. The highest BCUT2D eigenvalue weighted by molar-refractivity contribution is 9.10. The number of ether oxygens (including phenoxy) is 1. The van der Waals surface area contributed by atoms with Gasteiger partial charge in [0.2, 0.25) is 11.8 Å². The zero-order chi connectivity index (χ0) is 18.4. The van der Waals surface area contributed by atoms with Crippen LogP contribution >= 0.6 is 15.9 Å². The summed E-state index contributed by atoms with van der Waals surface area (Å²) in [6.45, 7) is 4.06. The Morgan fingerprint density at radius 2 is 2.00 bits per heavy atom. The zero-order valence-corrected chi connectivity index (χ0v) is 16.5. The maximum Gasteiger partial charge on any atom is 0.237 e. The molecule has 1 aromatic carbocycles. The molecule has 3 rings (SSSR count). The molecule has 1 N–H and O–H groups in total. The first-order chi connectivity index (χ1) is 12.6. The number of benzene rings is 1. The topological polar surface area (TPSA) is 77.2 Å². The number of nitrogens with zero attached hydrogens (tertiary/aromatic N) is 2. The van der Waals surface area contributed by atoms with Gasteiger partial charge in [-0.05, 0) is 37.0 Å². The lowest BCUT2D eigenvalue weighted by atomic mass is 9.74. The van der Waals surface area contributed by atoms with Crippen LogP contribution < -0.4 is 5.32 Å². The molecule has 0 unspecified atom stereocenters. The molecule has 1 saturated heterocycles. The van der Waals surface area contributed by atoms with Gasteiger partial charge in [-0.15, -0.1) is 0 Å². The molecule has 2 aromatic rings. The van der Waals surface area contributed by atoms with Gasteiger partial charge in [-0.1, -0.05) is 46.6 Å². The SMILES string of the molecule is CCCCNC(=O)Cc1noc(C2(c3ccc(Br)cc3)CCOCC2)n1. The van der Waals surface area contributed by atoms with Crippen LogP contribution in [0.2, 0.25) is 0 Å². The summed E-state index contributed by atoms with van der Waals surface area (Å²) in [6, 6.07) is 8.20. The maximum atomic E-state index is 12.0. The van der Waals surface area contributed by atoms with Gasteiger partial charge in [0.05, 0.1) is 11.8 Å². The van der Waals surface area contributed by atoms with E-state index in [9.17, 15) is 4.79 Å².